The summed E-state index contributed by atoms with van der Waals surface area (Å²) in [5, 5.41) is 3.61. The summed E-state index contributed by atoms with van der Waals surface area (Å²) in [5.41, 5.74) is 1.62. The zero-order valence-electron chi connectivity index (χ0n) is 11.3. The molecule has 0 saturated carbocycles. The van der Waals surface area contributed by atoms with Gasteiger partial charge in [0.2, 0.25) is 0 Å². The van der Waals surface area contributed by atoms with E-state index in [-0.39, 0.29) is 0 Å². The summed E-state index contributed by atoms with van der Waals surface area (Å²) in [6, 6.07) is 2.94. The van der Waals surface area contributed by atoms with Crippen molar-refractivity contribution in [2.75, 3.05) is 27.2 Å². The van der Waals surface area contributed by atoms with Crippen molar-refractivity contribution < 1.29 is 0 Å². The summed E-state index contributed by atoms with van der Waals surface area (Å²) in [6.45, 7) is 4.46. The highest BCUT2D eigenvalue weighted by atomic mass is 32.1. The number of rotatable bonds is 5. The molecule has 0 spiro atoms. The Kier molecular flexibility index (Phi) is 4.60. The standard InChI is InChI=1S/C14H24N2S/c1-11(15-8-9-16(2)3)14-10-12-6-4-5-7-13(12)17-14/h10-11,15H,4-9H2,1-3H3. The van der Waals surface area contributed by atoms with Crippen molar-refractivity contribution >= 4 is 11.3 Å². The highest BCUT2D eigenvalue weighted by Gasteiger charge is 2.16. The van der Waals surface area contributed by atoms with E-state index >= 15 is 0 Å². The number of aryl methyl sites for hydroxylation is 2. The molecule has 3 heteroatoms. The minimum absolute atomic E-state index is 0.505. The normalized spacial score (nSPS) is 17.2. The Morgan fingerprint density at radius 2 is 2.12 bits per heavy atom. The third-order valence-electron chi connectivity index (χ3n) is 3.45. The highest BCUT2D eigenvalue weighted by molar-refractivity contribution is 7.12. The first-order chi connectivity index (χ1) is 8.16. The summed E-state index contributed by atoms with van der Waals surface area (Å²) in [4.78, 5) is 5.39. The van der Waals surface area contributed by atoms with Gasteiger partial charge in [-0.05, 0) is 58.3 Å². The molecule has 0 bridgehead atoms. The molecule has 2 rings (SSSR count). The van der Waals surface area contributed by atoms with E-state index in [9.17, 15) is 0 Å². The topological polar surface area (TPSA) is 15.3 Å². The van der Waals surface area contributed by atoms with Gasteiger partial charge in [0, 0.05) is 28.9 Å². The van der Waals surface area contributed by atoms with Gasteiger partial charge >= 0.3 is 0 Å². The molecule has 1 atom stereocenters. The number of thiophene rings is 1. The van der Waals surface area contributed by atoms with Gasteiger partial charge in [-0.3, -0.25) is 0 Å². The zero-order valence-corrected chi connectivity index (χ0v) is 12.1. The molecule has 1 aliphatic rings. The van der Waals surface area contributed by atoms with Gasteiger partial charge < -0.3 is 10.2 Å². The molecule has 1 N–H and O–H groups in total. The first kappa shape index (κ1) is 13.1. The Hall–Kier alpha value is -0.380. The maximum Gasteiger partial charge on any atom is 0.0386 e. The monoisotopic (exact) mass is 252 g/mol. The van der Waals surface area contributed by atoms with Crippen LogP contribution in [0.1, 0.15) is 41.1 Å². The molecule has 0 amide bonds. The minimum atomic E-state index is 0.505. The van der Waals surface area contributed by atoms with Crippen LogP contribution < -0.4 is 5.32 Å². The molecule has 17 heavy (non-hydrogen) atoms. The highest BCUT2D eigenvalue weighted by Crippen LogP contribution is 2.32. The van der Waals surface area contributed by atoms with Crippen LogP contribution in [0, 0.1) is 0 Å². The van der Waals surface area contributed by atoms with Crippen LogP contribution in [0.4, 0.5) is 0 Å². The molecule has 1 aliphatic carbocycles. The van der Waals surface area contributed by atoms with Crippen molar-refractivity contribution in [3.8, 4) is 0 Å². The van der Waals surface area contributed by atoms with Crippen molar-refractivity contribution in [1.82, 2.24) is 10.2 Å². The molecule has 0 radical (unpaired) electrons. The van der Waals surface area contributed by atoms with E-state index < -0.39 is 0 Å². The molecule has 96 valence electrons. The fourth-order valence-electron chi connectivity index (χ4n) is 2.33. The average Bonchev–Trinajstić information content (AvgIpc) is 2.71. The van der Waals surface area contributed by atoms with Crippen LogP contribution in [0.25, 0.3) is 0 Å². The van der Waals surface area contributed by atoms with Gasteiger partial charge in [-0.25, -0.2) is 0 Å². The summed E-state index contributed by atoms with van der Waals surface area (Å²) >= 11 is 2.03. The van der Waals surface area contributed by atoms with Crippen LogP contribution in [-0.2, 0) is 12.8 Å². The van der Waals surface area contributed by atoms with Crippen LogP contribution in [0.3, 0.4) is 0 Å². The Balaban J connectivity index is 1.90. The molecule has 1 heterocycles. The number of hydrogen-bond donors (Lipinski definition) is 1. The van der Waals surface area contributed by atoms with Gasteiger partial charge in [-0.2, -0.15) is 0 Å². The van der Waals surface area contributed by atoms with Crippen molar-refractivity contribution in [2.45, 2.75) is 38.6 Å². The number of nitrogens with zero attached hydrogens (tertiary/aromatic N) is 1. The van der Waals surface area contributed by atoms with E-state index in [2.05, 4.69) is 37.3 Å². The first-order valence-electron chi connectivity index (χ1n) is 6.66. The molecule has 0 aromatic carbocycles. The van der Waals surface area contributed by atoms with Crippen LogP contribution in [0.2, 0.25) is 0 Å². The zero-order chi connectivity index (χ0) is 12.3. The third kappa shape index (κ3) is 3.54. The predicted octanol–water partition coefficient (Wildman–Crippen LogP) is 2.84. The van der Waals surface area contributed by atoms with E-state index in [0.717, 1.165) is 13.1 Å². The first-order valence-corrected chi connectivity index (χ1v) is 7.48. The molecule has 1 unspecified atom stereocenters. The lowest BCUT2D eigenvalue weighted by Gasteiger charge is -2.14. The second-order valence-corrected chi connectivity index (χ2v) is 6.45. The number of nitrogens with one attached hydrogen (secondary N) is 1. The van der Waals surface area contributed by atoms with Gasteiger partial charge in [-0.15, -0.1) is 11.3 Å². The molecule has 1 aromatic heterocycles. The maximum atomic E-state index is 3.61. The molecule has 2 nitrogen and oxygen atoms in total. The van der Waals surface area contributed by atoms with E-state index in [4.69, 9.17) is 0 Å². The summed E-state index contributed by atoms with van der Waals surface area (Å²) in [6.07, 6.45) is 5.38. The summed E-state index contributed by atoms with van der Waals surface area (Å²) < 4.78 is 0. The van der Waals surface area contributed by atoms with Crippen molar-refractivity contribution in [3.05, 3.63) is 21.4 Å². The van der Waals surface area contributed by atoms with Crippen LogP contribution in [-0.4, -0.2) is 32.1 Å². The van der Waals surface area contributed by atoms with Crippen LogP contribution >= 0.6 is 11.3 Å². The second-order valence-electron chi connectivity index (χ2n) is 5.28. The lowest BCUT2D eigenvalue weighted by atomic mass is 9.99. The quantitative estimate of drug-likeness (QED) is 0.867. The average molecular weight is 252 g/mol. The van der Waals surface area contributed by atoms with E-state index in [1.165, 1.54) is 30.6 Å². The van der Waals surface area contributed by atoms with Gasteiger partial charge in [0.25, 0.3) is 0 Å². The fraction of sp³-hybridized carbons (Fsp3) is 0.714. The van der Waals surface area contributed by atoms with E-state index in [1.54, 1.807) is 10.4 Å². The Labute approximate surface area is 109 Å². The SMILES string of the molecule is CC(NCCN(C)C)c1cc2c(s1)CCCC2. The Bertz CT molecular complexity index is 334. The number of hydrogen-bond acceptors (Lipinski definition) is 3. The number of likely N-dealkylation sites (N-methyl/N-ethyl adjacent to an activating group) is 1. The largest absolute Gasteiger partial charge is 0.308 e. The summed E-state index contributed by atoms with van der Waals surface area (Å²) in [7, 11) is 4.24. The molecular weight excluding hydrogens is 228 g/mol. The van der Waals surface area contributed by atoms with Crippen LogP contribution in [0.15, 0.2) is 6.07 Å². The summed E-state index contributed by atoms with van der Waals surface area (Å²) in [5.74, 6) is 0. The van der Waals surface area contributed by atoms with E-state index in [0.29, 0.717) is 6.04 Å². The second kappa shape index (κ2) is 5.98. The smallest absolute Gasteiger partial charge is 0.0386 e. The van der Waals surface area contributed by atoms with Crippen molar-refractivity contribution in [1.29, 1.82) is 0 Å². The number of fused-ring (bicyclic) bond motifs is 1. The lowest BCUT2D eigenvalue weighted by molar-refractivity contribution is 0.390. The molecule has 0 fully saturated rings. The van der Waals surface area contributed by atoms with Crippen molar-refractivity contribution in [2.24, 2.45) is 0 Å². The maximum absolute atomic E-state index is 3.61. The van der Waals surface area contributed by atoms with E-state index in [1.807, 2.05) is 11.3 Å². The van der Waals surface area contributed by atoms with Gasteiger partial charge in [0.05, 0.1) is 0 Å². The minimum Gasteiger partial charge on any atom is -0.308 e. The fourth-order valence-corrected chi connectivity index (χ4v) is 3.62. The molecule has 1 aromatic rings. The molecule has 0 aliphatic heterocycles. The lowest BCUT2D eigenvalue weighted by Crippen LogP contribution is -2.28. The van der Waals surface area contributed by atoms with Crippen molar-refractivity contribution in [3.63, 3.8) is 0 Å². The third-order valence-corrected chi connectivity index (χ3v) is 4.87. The Morgan fingerprint density at radius 1 is 1.35 bits per heavy atom. The van der Waals surface area contributed by atoms with Gasteiger partial charge in [0.15, 0.2) is 0 Å². The predicted molar refractivity (Wildman–Crippen MR) is 75.9 cm³/mol. The van der Waals surface area contributed by atoms with Crippen LogP contribution in [0.5, 0.6) is 0 Å². The molecule has 0 saturated heterocycles. The van der Waals surface area contributed by atoms with Gasteiger partial charge in [0.1, 0.15) is 0 Å². The molecular formula is C14H24N2S. The Morgan fingerprint density at radius 3 is 2.82 bits per heavy atom. The van der Waals surface area contributed by atoms with Gasteiger partial charge in [-0.1, -0.05) is 0 Å².